The Morgan fingerprint density at radius 1 is 0.963 bits per heavy atom. The lowest BCUT2D eigenvalue weighted by atomic mass is 9.87. The molecule has 0 aromatic heterocycles. The summed E-state index contributed by atoms with van der Waals surface area (Å²) in [5, 5.41) is 14.9. The Hall–Kier alpha value is -3.01. The van der Waals surface area contributed by atoms with Gasteiger partial charge in [-0.2, -0.15) is 0 Å². The highest BCUT2D eigenvalue weighted by Crippen LogP contribution is 2.34. The maximum atomic E-state index is 12.2. The monoisotopic (exact) mass is 363 g/mol. The number of hydrogen-bond donors (Lipinski definition) is 2. The molecule has 0 aliphatic rings. The van der Waals surface area contributed by atoms with Crippen molar-refractivity contribution in [2.45, 2.75) is 32.3 Å². The number of aromatic hydroxyl groups is 1. The standard InChI is InChI=1S/C23H25NO3/c1-23(2,3)27-22(26)24-15-20(16-9-5-4-6-10-16)18-13-14-21(25)19-12-8-7-11-17(18)19/h4-14,20,25H,15H2,1-3H3,(H,24,26). The Balaban J connectivity index is 1.97. The molecule has 0 spiro atoms. The maximum absolute atomic E-state index is 12.2. The molecule has 0 saturated heterocycles. The number of amides is 1. The summed E-state index contributed by atoms with van der Waals surface area (Å²) in [6.07, 6.45) is -0.438. The Labute approximate surface area is 159 Å². The highest BCUT2D eigenvalue weighted by atomic mass is 16.6. The van der Waals surface area contributed by atoms with Crippen molar-refractivity contribution < 1.29 is 14.6 Å². The number of rotatable bonds is 4. The summed E-state index contributed by atoms with van der Waals surface area (Å²) in [6.45, 7) is 5.92. The average molecular weight is 363 g/mol. The minimum Gasteiger partial charge on any atom is -0.507 e. The second-order valence-electron chi connectivity index (χ2n) is 7.57. The first-order valence-corrected chi connectivity index (χ1v) is 9.07. The van der Waals surface area contributed by atoms with Crippen LogP contribution >= 0.6 is 0 Å². The van der Waals surface area contributed by atoms with Gasteiger partial charge in [-0.25, -0.2) is 4.79 Å². The Bertz CT molecular complexity index is 929. The fourth-order valence-corrected chi connectivity index (χ4v) is 3.20. The van der Waals surface area contributed by atoms with Gasteiger partial charge in [0, 0.05) is 17.8 Å². The van der Waals surface area contributed by atoms with E-state index in [1.54, 1.807) is 6.07 Å². The van der Waals surface area contributed by atoms with Gasteiger partial charge in [-0.15, -0.1) is 0 Å². The number of phenolic OH excluding ortho intramolecular Hbond substituents is 1. The van der Waals surface area contributed by atoms with Gasteiger partial charge in [0.2, 0.25) is 0 Å². The summed E-state index contributed by atoms with van der Waals surface area (Å²) >= 11 is 0. The average Bonchev–Trinajstić information content (AvgIpc) is 2.63. The Kier molecular flexibility index (Phi) is 5.36. The third-order valence-corrected chi connectivity index (χ3v) is 4.36. The van der Waals surface area contributed by atoms with Crippen molar-refractivity contribution in [3.05, 3.63) is 77.9 Å². The molecule has 2 N–H and O–H groups in total. The van der Waals surface area contributed by atoms with Crippen LogP contribution in [0.2, 0.25) is 0 Å². The van der Waals surface area contributed by atoms with E-state index >= 15 is 0 Å². The van der Waals surface area contributed by atoms with Gasteiger partial charge >= 0.3 is 6.09 Å². The fraction of sp³-hybridized carbons (Fsp3) is 0.261. The molecule has 1 unspecified atom stereocenters. The molecule has 0 bridgehead atoms. The van der Waals surface area contributed by atoms with Crippen LogP contribution in [-0.2, 0) is 4.74 Å². The molecule has 0 radical (unpaired) electrons. The van der Waals surface area contributed by atoms with Crippen molar-refractivity contribution in [3.63, 3.8) is 0 Å². The number of fused-ring (bicyclic) bond motifs is 1. The number of benzene rings is 3. The number of carbonyl (C=O) groups excluding carboxylic acids is 1. The van der Waals surface area contributed by atoms with E-state index in [-0.39, 0.29) is 11.7 Å². The summed E-state index contributed by atoms with van der Waals surface area (Å²) in [7, 11) is 0. The molecule has 140 valence electrons. The SMILES string of the molecule is CC(C)(C)OC(=O)NCC(c1ccccc1)c1ccc(O)c2ccccc12. The van der Waals surface area contributed by atoms with Crippen molar-refractivity contribution in [3.8, 4) is 5.75 Å². The van der Waals surface area contributed by atoms with Gasteiger partial charge < -0.3 is 15.2 Å². The van der Waals surface area contributed by atoms with E-state index in [0.29, 0.717) is 6.54 Å². The minimum absolute atomic E-state index is 0.0655. The predicted octanol–water partition coefficient (Wildman–Crippen LogP) is 5.20. The molecule has 3 rings (SSSR count). The molecule has 3 aromatic carbocycles. The van der Waals surface area contributed by atoms with E-state index in [1.807, 2.05) is 81.4 Å². The summed E-state index contributed by atoms with van der Waals surface area (Å²) < 4.78 is 5.38. The minimum atomic E-state index is -0.544. The van der Waals surface area contributed by atoms with E-state index < -0.39 is 11.7 Å². The van der Waals surface area contributed by atoms with E-state index in [2.05, 4.69) is 5.32 Å². The zero-order valence-corrected chi connectivity index (χ0v) is 15.9. The predicted molar refractivity (Wildman–Crippen MR) is 108 cm³/mol. The molecular formula is C23H25NO3. The third kappa shape index (κ3) is 4.59. The smallest absolute Gasteiger partial charge is 0.407 e. The lowest BCUT2D eigenvalue weighted by Crippen LogP contribution is -2.35. The zero-order valence-electron chi connectivity index (χ0n) is 15.9. The van der Waals surface area contributed by atoms with Crippen LogP contribution < -0.4 is 5.32 Å². The van der Waals surface area contributed by atoms with Gasteiger partial charge in [-0.1, -0.05) is 60.7 Å². The molecule has 0 fully saturated rings. The number of carbonyl (C=O) groups is 1. The van der Waals surface area contributed by atoms with Crippen LogP contribution in [0.25, 0.3) is 10.8 Å². The van der Waals surface area contributed by atoms with Crippen molar-refractivity contribution >= 4 is 16.9 Å². The summed E-state index contributed by atoms with van der Waals surface area (Å²) in [6, 6.07) is 21.4. The Morgan fingerprint density at radius 3 is 2.26 bits per heavy atom. The summed E-state index contributed by atoms with van der Waals surface area (Å²) in [4.78, 5) is 12.2. The second kappa shape index (κ2) is 7.70. The first-order valence-electron chi connectivity index (χ1n) is 9.07. The number of hydrogen-bond acceptors (Lipinski definition) is 3. The van der Waals surface area contributed by atoms with Crippen LogP contribution in [0, 0.1) is 0 Å². The normalized spacial score (nSPS) is 12.6. The van der Waals surface area contributed by atoms with Crippen LogP contribution in [0.5, 0.6) is 5.75 Å². The van der Waals surface area contributed by atoms with Crippen molar-refractivity contribution in [2.75, 3.05) is 6.54 Å². The molecule has 27 heavy (non-hydrogen) atoms. The van der Waals surface area contributed by atoms with Gasteiger partial charge in [0.1, 0.15) is 11.4 Å². The first kappa shape index (κ1) is 18.8. The molecule has 0 heterocycles. The molecular weight excluding hydrogens is 338 g/mol. The number of ether oxygens (including phenoxy) is 1. The van der Waals surface area contributed by atoms with E-state index in [9.17, 15) is 9.90 Å². The molecule has 0 aliphatic carbocycles. The van der Waals surface area contributed by atoms with Crippen molar-refractivity contribution in [1.82, 2.24) is 5.32 Å². The van der Waals surface area contributed by atoms with Gasteiger partial charge in [0.15, 0.2) is 0 Å². The largest absolute Gasteiger partial charge is 0.507 e. The molecule has 4 heteroatoms. The number of nitrogens with one attached hydrogen (secondary N) is 1. The van der Waals surface area contributed by atoms with Crippen LogP contribution in [-0.4, -0.2) is 23.3 Å². The molecule has 0 aliphatic heterocycles. The summed E-state index contributed by atoms with van der Waals surface area (Å²) in [5.74, 6) is 0.186. The lowest BCUT2D eigenvalue weighted by molar-refractivity contribution is 0.0526. The zero-order chi connectivity index (χ0) is 19.4. The van der Waals surface area contributed by atoms with Crippen LogP contribution in [0.3, 0.4) is 0 Å². The van der Waals surface area contributed by atoms with Crippen LogP contribution in [0.4, 0.5) is 4.79 Å². The van der Waals surface area contributed by atoms with Crippen LogP contribution in [0.15, 0.2) is 66.7 Å². The van der Waals surface area contributed by atoms with E-state index in [0.717, 1.165) is 21.9 Å². The fourth-order valence-electron chi connectivity index (χ4n) is 3.20. The van der Waals surface area contributed by atoms with E-state index in [1.165, 1.54) is 0 Å². The Morgan fingerprint density at radius 2 is 1.59 bits per heavy atom. The van der Waals surface area contributed by atoms with Crippen LogP contribution in [0.1, 0.15) is 37.8 Å². The maximum Gasteiger partial charge on any atom is 0.407 e. The quantitative estimate of drug-likeness (QED) is 0.670. The van der Waals surface area contributed by atoms with Gasteiger partial charge in [-0.3, -0.25) is 0 Å². The first-order chi connectivity index (χ1) is 12.8. The van der Waals surface area contributed by atoms with Crippen molar-refractivity contribution in [2.24, 2.45) is 0 Å². The number of alkyl carbamates (subject to hydrolysis) is 1. The molecule has 1 amide bonds. The van der Waals surface area contributed by atoms with Crippen molar-refractivity contribution in [1.29, 1.82) is 0 Å². The highest BCUT2D eigenvalue weighted by molar-refractivity contribution is 5.91. The van der Waals surface area contributed by atoms with Gasteiger partial charge in [0.25, 0.3) is 0 Å². The summed E-state index contributed by atoms with van der Waals surface area (Å²) in [5.41, 5.74) is 1.59. The number of phenols is 1. The third-order valence-electron chi connectivity index (χ3n) is 4.36. The topological polar surface area (TPSA) is 58.6 Å². The molecule has 4 nitrogen and oxygen atoms in total. The molecule has 0 saturated carbocycles. The highest BCUT2D eigenvalue weighted by Gasteiger charge is 2.21. The van der Waals surface area contributed by atoms with Gasteiger partial charge in [0.05, 0.1) is 0 Å². The lowest BCUT2D eigenvalue weighted by Gasteiger charge is -2.23. The molecule has 1 atom stereocenters. The molecule has 3 aromatic rings. The van der Waals surface area contributed by atoms with Gasteiger partial charge in [-0.05, 0) is 43.4 Å². The van der Waals surface area contributed by atoms with E-state index in [4.69, 9.17) is 4.74 Å². The second-order valence-corrected chi connectivity index (χ2v) is 7.57.